The van der Waals surface area contributed by atoms with E-state index in [0.717, 1.165) is 11.3 Å². The van der Waals surface area contributed by atoms with E-state index in [1.165, 1.54) is 0 Å². The van der Waals surface area contributed by atoms with Gasteiger partial charge < -0.3 is 14.6 Å². The summed E-state index contributed by atoms with van der Waals surface area (Å²) in [5.74, 6) is -0.777. The minimum absolute atomic E-state index is 0.159. The fourth-order valence-electron chi connectivity index (χ4n) is 0.715. The Morgan fingerprint density at radius 2 is 2.55 bits per heavy atom. The Hall–Kier alpha value is -1.03. The van der Waals surface area contributed by atoms with Gasteiger partial charge in [-0.3, -0.25) is 0 Å². The molecule has 3 nitrogen and oxygen atoms in total. The van der Waals surface area contributed by atoms with Gasteiger partial charge in [0.25, 0.3) is 0 Å². The van der Waals surface area contributed by atoms with E-state index in [2.05, 4.69) is 0 Å². The van der Waals surface area contributed by atoms with E-state index in [4.69, 9.17) is 4.74 Å². The standard InChI is InChI=1S/C7H8O3S/c1-2-10-5-3-4-11-6(5)7(8)9/h3-4H,2H2,1H3,(H,8,9)/p-1. The Kier molecular flexibility index (Phi) is 2.48. The van der Waals surface area contributed by atoms with Gasteiger partial charge in [-0.05, 0) is 18.4 Å². The lowest BCUT2D eigenvalue weighted by Crippen LogP contribution is -2.21. The zero-order valence-corrected chi connectivity index (χ0v) is 6.81. The molecule has 60 valence electrons. The first kappa shape index (κ1) is 8.07. The van der Waals surface area contributed by atoms with Crippen molar-refractivity contribution in [3.63, 3.8) is 0 Å². The fourth-order valence-corrected chi connectivity index (χ4v) is 1.38. The largest absolute Gasteiger partial charge is 0.544 e. The number of hydrogen-bond donors (Lipinski definition) is 0. The molecule has 0 aromatic carbocycles. The second-order valence-electron chi connectivity index (χ2n) is 1.83. The summed E-state index contributed by atoms with van der Waals surface area (Å²) >= 11 is 1.11. The number of carboxylic acids is 1. The van der Waals surface area contributed by atoms with Gasteiger partial charge in [-0.25, -0.2) is 0 Å². The van der Waals surface area contributed by atoms with E-state index in [1.807, 2.05) is 0 Å². The van der Waals surface area contributed by atoms with E-state index in [-0.39, 0.29) is 4.88 Å². The first-order valence-electron chi connectivity index (χ1n) is 3.17. The molecular formula is C7H7O3S-. The number of carboxylic acid groups (broad SMARTS) is 1. The van der Waals surface area contributed by atoms with Gasteiger partial charge >= 0.3 is 0 Å². The summed E-state index contributed by atoms with van der Waals surface area (Å²) in [7, 11) is 0. The summed E-state index contributed by atoms with van der Waals surface area (Å²) in [4.78, 5) is 10.5. The maximum Gasteiger partial charge on any atom is 0.139 e. The minimum atomic E-state index is -1.18. The summed E-state index contributed by atoms with van der Waals surface area (Å²) in [5.41, 5.74) is 0. The highest BCUT2D eigenvalue weighted by atomic mass is 32.1. The molecule has 1 aromatic heterocycles. The van der Waals surface area contributed by atoms with Gasteiger partial charge in [-0.1, -0.05) is 0 Å². The van der Waals surface area contributed by atoms with Gasteiger partial charge in [0.1, 0.15) is 5.75 Å². The Morgan fingerprint density at radius 1 is 1.82 bits per heavy atom. The van der Waals surface area contributed by atoms with E-state index in [0.29, 0.717) is 12.4 Å². The summed E-state index contributed by atoms with van der Waals surface area (Å²) in [6.07, 6.45) is 0. The summed E-state index contributed by atoms with van der Waals surface area (Å²) in [6, 6.07) is 1.62. The molecule has 0 aliphatic rings. The van der Waals surface area contributed by atoms with Crippen molar-refractivity contribution in [3.05, 3.63) is 16.3 Å². The molecule has 0 radical (unpaired) electrons. The Morgan fingerprint density at radius 3 is 3.09 bits per heavy atom. The second kappa shape index (κ2) is 3.39. The van der Waals surface area contributed by atoms with E-state index >= 15 is 0 Å². The predicted octanol–water partition coefficient (Wildman–Crippen LogP) is 0.510. The fraction of sp³-hybridized carbons (Fsp3) is 0.286. The molecular weight excluding hydrogens is 164 g/mol. The average molecular weight is 171 g/mol. The van der Waals surface area contributed by atoms with Crippen molar-refractivity contribution >= 4 is 17.3 Å². The van der Waals surface area contributed by atoms with Crippen molar-refractivity contribution in [2.24, 2.45) is 0 Å². The Labute approximate surface area is 68.2 Å². The van der Waals surface area contributed by atoms with Crippen LogP contribution in [-0.2, 0) is 0 Å². The van der Waals surface area contributed by atoms with Crippen LogP contribution in [-0.4, -0.2) is 12.6 Å². The van der Waals surface area contributed by atoms with Gasteiger partial charge in [0.05, 0.1) is 17.5 Å². The number of hydrogen-bond acceptors (Lipinski definition) is 4. The smallest absolute Gasteiger partial charge is 0.139 e. The average Bonchev–Trinajstić information content (AvgIpc) is 2.36. The molecule has 0 aliphatic carbocycles. The number of aromatic carboxylic acids is 1. The molecule has 0 saturated carbocycles. The molecule has 0 saturated heterocycles. The third-order valence-electron chi connectivity index (χ3n) is 1.11. The molecule has 4 heteroatoms. The number of ether oxygens (including phenoxy) is 1. The number of carbonyl (C=O) groups excluding carboxylic acids is 1. The molecule has 0 N–H and O–H groups in total. The molecule has 0 atom stereocenters. The Balaban J connectivity index is 2.87. The molecule has 11 heavy (non-hydrogen) atoms. The van der Waals surface area contributed by atoms with Gasteiger partial charge in [-0.15, -0.1) is 11.3 Å². The third kappa shape index (κ3) is 1.71. The van der Waals surface area contributed by atoms with Gasteiger partial charge in [-0.2, -0.15) is 0 Å². The van der Waals surface area contributed by atoms with E-state index in [1.54, 1.807) is 18.4 Å². The van der Waals surface area contributed by atoms with Crippen LogP contribution in [0.2, 0.25) is 0 Å². The first-order chi connectivity index (χ1) is 5.25. The van der Waals surface area contributed by atoms with E-state index in [9.17, 15) is 9.90 Å². The van der Waals surface area contributed by atoms with Crippen LogP contribution in [0.25, 0.3) is 0 Å². The zero-order chi connectivity index (χ0) is 8.27. The summed E-state index contributed by atoms with van der Waals surface area (Å²) < 4.78 is 5.03. The first-order valence-corrected chi connectivity index (χ1v) is 4.05. The van der Waals surface area contributed by atoms with Crippen LogP contribution in [0.5, 0.6) is 5.75 Å². The highest BCUT2D eigenvalue weighted by Gasteiger charge is 2.04. The molecule has 1 aromatic rings. The van der Waals surface area contributed by atoms with Crippen LogP contribution in [0, 0.1) is 0 Å². The van der Waals surface area contributed by atoms with Crippen molar-refractivity contribution in [2.75, 3.05) is 6.61 Å². The quantitative estimate of drug-likeness (QED) is 0.665. The normalized spacial score (nSPS) is 9.55. The van der Waals surface area contributed by atoms with Crippen LogP contribution in [0.15, 0.2) is 11.4 Å². The van der Waals surface area contributed by atoms with Gasteiger partial charge in [0.2, 0.25) is 0 Å². The van der Waals surface area contributed by atoms with Crippen molar-refractivity contribution in [1.82, 2.24) is 0 Å². The van der Waals surface area contributed by atoms with Crippen molar-refractivity contribution < 1.29 is 14.6 Å². The van der Waals surface area contributed by atoms with Crippen molar-refractivity contribution in [2.45, 2.75) is 6.92 Å². The lowest BCUT2D eigenvalue weighted by molar-refractivity contribution is -0.254. The van der Waals surface area contributed by atoms with Crippen LogP contribution in [0.3, 0.4) is 0 Å². The van der Waals surface area contributed by atoms with Gasteiger partial charge in [0.15, 0.2) is 0 Å². The number of thiophene rings is 1. The van der Waals surface area contributed by atoms with Crippen molar-refractivity contribution in [3.8, 4) is 5.75 Å². The molecule has 0 bridgehead atoms. The maximum atomic E-state index is 10.4. The third-order valence-corrected chi connectivity index (χ3v) is 1.99. The van der Waals surface area contributed by atoms with Gasteiger partial charge in [0, 0.05) is 0 Å². The minimum Gasteiger partial charge on any atom is -0.544 e. The number of rotatable bonds is 3. The Bertz CT molecular complexity index is 254. The molecule has 1 rings (SSSR count). The van der Waals surface area contributed by atoms with Crippen LogP contribution < -0.4 is 9.84 Å². The molecule has 1 heterocycles. The highest BCUT2D eigenvalue weighted by molar-refractivity contribution is 7.12. The number of carbonyl (C=O) groups is 1. The summed E-state index contributed by atoms with van der Waals surface area (Å²) in [5, 5.41) is 12.0. The van der Waals surface area contributed by atoms with Crippen LogP contribution in [0.1, 0.15) is 16.6 Å². The van der Waals surface area contributed by atoms with E-state index < -0.39 is 5.97 Å². The molecule has 0 fully saturated rings. The summed E-state index contributed by atoms with van der Waals surface area (Å²) in [6.45, 7) is 2.27. The predicted molar refractivity (Wildman–Crippen MR) is 39.8 cm³/mol. The van der Waals surface area contributed by atoms with Crippen LogP contribution >= 0.6 is 11.3 Å². The maximum absolute atomic E-state index is 10.4. The second-order valence-corrected chi connectivity index (χ2v) is 2.75. The lowest BCUT2D eigenvalue weighted by Gasteiger charge is -2.03. The molecule has 0 amide bonds. The van der Waals surface area contributed by atoms with Crippen LogP contribution in [0.4, 0.5) is 0 Å². The SMILES string of the molecule is CCOc1ccsc1C(=O)[O-]. The topological polar surface area (TPSA) is 49.4 Å². The van der Waals surface area contributed by atoms with Crippen molar-refractivity contribution in [1.29, 1.82) is 0 Å². The zero-order valence-electron chi connectivity index (χ0n) is 5.99. The monoisotopic (exact) mass is 171 g/mol. The molecule has 0 unspecified atom stereocenters. The lowest BCUT2D eigenvalue weighted by atomic mass is 10.4. The molecule has 0 spiro atoms. The molecule has 0 aliphatic heterocycles. The highest BCUT2D eigenvalue weighted by Crippen LogP contribution is 2.23.